The number of hydrogen-bond acceptors (Lipinski definition) is 5. The molecule has 0 aromatic heterocycles. The van der Waals surface area contributed by atoms with Crippen molar-refractivity contribution in [1.82, 2.24) is 5.32 Å². The number of para-hydroxylation sites is 1. The van der Waals surface area contributed by atoms with Gasteiger partial charge in [-0.3, -0.25) is 4.79 Å². The molecular formula is C20H22N2O3S. The molecule has 2 aromatic rings. The monoisotopic (exact) mass is 370 g/mol. The zero-order valence-electron chi connectivity index (χ0n) is 14.7. The first-order valence-electron chi connectivity index (χ1n) is 8.86. The third kappa shape index (κ3) is 3.60. The van der Waals surface area contributed by atoms with Crippen LogP contribution in [0.3, 0.4) is 0 Å². The largest absolute Gasteiger partial charge is 0.486 e. The van der Waals surface area contributed by atoms with Crippen LogP contribution in [-0.4, -0.2) is 38.0 Å². The van der Waals surface area contributed by atoms with Crippen LogP contribution in [0.1, 0.15) is 18.5 Å². The van der Waals surface area contributed by atoms with E-state index in [0.29, 0.717) is 19.8 Å². The number of nitrogens with zero attached hydrogens (tertiary/aromatic N) is 1. The molecule has 136 valence electrons. The van der Waals surface area contributed by atoms with Crippen LogP contribution < -0.4 is 19.7 Å². The molecule has 6 heteroatoms. The van der Waals surface area contributed by atoms with Gasteiger partial charge in [-0.1, -0.05) is 18.2 Å². The lowest BCUT2D eigenvalue weighted by Crippen LogP contribution is -2.40. The smallest absolute Gasteiger partial charge is 0.239 e. The first-order chi connectivity index (χ1) is 12.7. The standard InChI is InChI=1S/C20H22N2O3S/c1-14(15-6-7-17-18(12-15)25-10-9-24-17)21-20(23)13-22-8-11-26-19-5-3-2-4-16(19)22/h2-7,12,14H,8-11,13H2,1H3,(H,21,23). The van der Waals surface area contributed by atoms with E-state index >= 15 is 0 Å². The minimum atomic E-state index is -0.0901. The van der Waals surface area contributed by atoms with Crippen molar-refractivity contribution in [2.24, 2.45) is 0 Å². The summed E-state index contributed by atoms with van der Waals surface area (Å²) in [4.78, 5) is 16.0. The van der Waals surface area contributed by atoms with Gasteiger partial charge in [-0.05, 0) is 36.8 Å². The summed E-state index contributed by atoms with van der Waals surface area (Å²) in [7, 11) is 0. The molecule has 0 aliphatic carbocycles. The van der Waals surface area contributed by atoms with Crippen molar-refractivity contribution in [3.63, 3.8) is 0 Å². The van der Waals surface area contributed by atoms with Gasteiger partial charge >= 0.3 is 0 Å². The summed E-state index contributed by atoms with van der Waals surface area (Å²) in [6.07, 6.45) is 0. The molecule has 2 aromatic carbocycles. The molecule has 26 heavy (non-hydrogen) atoms. The fourth-order valence-corrected chi connectivity index (χ4v) is 4.32. The average molecular weight is 370 g/mol. The van der Waals surface area contributed by atoms with E-state index in [2.05, 4.69) is 22.3 Å². The Balaban J connectivity index is 1.41. The first kappa shape index (κ1) is 17.1. The van der Waals surface area contributed by atoms with Crippen molar-refractivity contribution in [2.75, 3.05) is 37.0 Å². The normalized spacial score (nSPS) is 16.6. The molecular weight excluding hydrogens is 348 g/mol. The van der Waals surface area contributed by atoms with Crippen molar-refractivity contribution in [3.05, 3.63) is 48.0 Å². The van der Waals surface area contributed by atoms with E-state index in [-0.39, 0.29) is 11.9 Å². The Labute approximate surface area is 157 Å². The van der Waals surface area contributed by atoms with Gasteiger partial charge in [0.05, 0.1) is 18.3 Å². The van der Waals surface area contributed by atoms with E-state index in [9.17, 15) is 4.79 Å². The maximum absolute atomic E-state index is 12.6. The predicted molar refractivity (Wildman–Crippen MR) is 103 cm³/mol. The first-order valence-corrected chi connectivity index (χ1v) is 9.85. The fourth-order valence-electron chi connectivity index (χ4n) is 3.26. The zero-order valence-corrected chi connectivity index (χ0v) is 15.6. The number of anilines is 1. The molecule has 0 fully saturated rings. The highest BCUT2D eigenvalue weighted by Gasteiger charge is 2.21. The lowest BCUT2D eigenvalue weighted by molar-refractivity contribution is -0.120. The maximum atomic E-state index is 12.6. The van der Waals surface area contributed by atoms with Crippen LogP contribution in [0.4, 0.5) is 5.69 Å². The molecule has 1 atom stereocenters. The number of carbonyl (C=O) groups excluding carboxylic acids is 1. The molecule has 0 saturated heterocycles. The molecule has 1 amide bonds. The lowest BCUT2D eigenvalue weighted by Gasteiger charge is -2.30. The highest BCUT2D eigenvalue weighted by atomic mass is 32.2. The number of carbonyl (C=O) groups is 1. The van der Waals surface area contributed by atoms with Crippen molar-refractivity contribution in [2.45, 2.75) is 17.9 Å². The van der Waals surface area contributed by atoms with Crippen LogP contribution in [0.2, 0.25) is 0 Å². The van der Waals surface area contributed by atoms with Crippen molar-refractivity contribution in [3.8, 4) is 11.5 Å². The van der Waals surface area contributed by atoms with Crippen LogP contribution in [0.15, 0.2) is 47.4 Å². The van der Waals surface area contributed by atoms with Gasteiger partial charge in [0.2, 0.25) is 5.91 Å². The lowest BCUT2D eigenvalue weighted by atomic mass is 10.1. The Morgan fingerprint density at radius 2 is 2.00 bits per heavy atom. The molecule has 1 N–H and O–H groups in total. The van der Waals surface area contributed by atoms with E-state index in [4.69, 9.17) is 9.47 Å². The molecule has 5 nitrogen and oxygen atoms in total. The Morgan fingerprint density at radius 1 is 1.19 bits per heavy atom. The number of fused-ring (bicyclic) bond motifs is 2. The van der Waals surface area contributed by atoms with Crippen molar-refractivity contribution >= 4 is 23.4 Å². The number of amides is 1. The molecule has 2 aliphatic rings. The summed E-state index contributed by atoms with van der Waals surface area (Å²) in [5, 5.41) is 3.10. The highest BCUT2D eigenvalue weighted by molar-refractivity contribution is 7.99. The molecule has 0 saturated carbocycles. The van der Waals surface area contributed by atoms with Gasteiger partial charge in [0.25, 0.3) is 0 Å². The molecule has 0 radical (unpaired) electrons. The zero-order chi connectivity index (χ0) is 17.9. The molecule has 0 spiro atoms. The number of benzene rings is 2. The highest BCUT2D eigenvalue weighted by Crippen LogP contribution is 2.34. The van der Waals surface area contributed by atoms with Crippen LogP contribution in [0.25, 0.3) is 0 Å². The SMILES string of the molecule is CC(NC(=O)CN1CCSc2ccccc21)c1ccc2c(c1)OCCO2. The Morgan fingerprint density at radius 3 is 2.88 bits per heavy atom. The van der Waals surface area contributed by atoms with Crippen LogP contribution >= 0.6 is 11.8 Å². The molecule has 2 heterocycles. The number of hydrogen-bond donors (Lipinski definition) is 1. The van der Waals surface area contributed by atoms with Gasteiger partial charge in [-0.2, -0.15) is 0 Å². The van der Waals surface area contributed by atoms with Gasteiger partial charge in [0, 0.05) is 17.2 Å². The Hall–Kier alpha value is -2.34. The van der Waals surface area contributed by atoms with E-state index in [0.717, 1.165) is 35.0 Å². The molecule has 2 aliphatic heterocycles. The quantitative estimate of drug-likeness (QED) is 0.895. The summed E-state index contributed by atoms with van der Waals surface area (Å²) >= 11 is 1.84. The number of rotatable bonds is 4. The molecule has 0 bridgehead atoms. The van der Waals surface area contributed by atoms with Gasteiger partial charge in [0.15, 0.2) is 11.5 Å². The third-order valence-electron chi connectivity index (χ3n) is 4.60. The van der Waals surface area contributed by atoms with E-state index < -0.39 is 0 Å². The second-order valence-corrected chi connectivity index (χ2v) is 7.57. The van der Waals surface area contributed by atoms with E-state index in [1.165, 1.54) is 4.90 Å². The minimum Gasteiger partial charge on any atom is -0.486 e. The number of ether oxygens (including phenoxy) is 2. The molecule has 1 unspecified atom stereocenters. The fraction of sp³-hybridized carbons (Fsp3) is 0.350. The summed E-state index contributed by atoms with van der Waals surface area (Å²) in [6, 6.07) is 14.0. The second kappa shape index (κ2) is 7.50. The topological polar surface area (TPSA) is 50.8 Å². The second-order valence-electron chi connectivity index (χ2n) is 6.43. The van der Waals surface area contributed by atoms with Crippen LogP contribution in [0.5, 0.6) is 11.5 Å². The summed E-state index contributed by atoms with van der Waals surface area (Å²) in [6.45, 7) is 4.38. The number of thioether (sulfide) groups is 1. The Bertz CT molecular complexity index is 811. The number of nitrogens with one attached hydrogen (secondary N) is 1. The molecule has 4 rings (SSSR count). The van der Waals surface area contributed by atoms with Gasteiger partial charge < -0.3 is 19.7 Å². The minimum absolute atomic E-state index is 0.0223. The van der Waals surface area contributed by atoms with Crippen molar-refractivity contribution in [1.29, 1.82) is 0 Å². The predicted octanol–water partition coefficient (Wildman–Crippen LogP) is 3.25. The van der Waals surface area contributed by atoms with Gasteiger partial charge in [0.1, 0.15) is 13.2 Å². The van der Waals surface area contributed by atoms with Crippen LogP contribution in [0, 0.1) is 0 Å². The average Bonchev–Trinajstić information content (AvgIpc) is 2.68. The Kier molecular flexibility index (Phi) is 4.93. The van der Waals surface area contributed by atoms with E-state index in [1.54, 1.807) is 0 Å². The van der Waals surface area contributed by atoms with E-state index in [1.807, 2.05) is 49.0 Å². The van der Waals surface area contributed by atoms with Gasteiger partial charge in [-0.15, -0.1) is 11.8 Å². The maximum Gasteiger partial charge on any atom is 0.239 e. The summed E-state index contributed by atoms with van der Waals surface area (Å²) < 4.78 is 11.2. The van der Waals surface area contributed by atoms with Crippen molar-refractivity contribution < 1.29 is 14.3 Å². The third-order valence-corrected chi connectivity index (χ3v) is 5.65. The van der Waals surface area contributed by atoms with Gasteiger partial charge in [-0.25, -0.2) is 0 Å². The summed E-state index contributed by atoms with van der Waals surface area (Å²) in [5.74, 6) is 2.54. The van der Waals surface area contributed by atoms with Crippen LogP contribution in [-0.2, 0) is 4.79 Å². The summed E-state index contributed by atoms with van der Waals surface area (Å²) in [5.41, 5.74) is 2.16.